The van der Waals surface area contributed by atoms with Gasteiger partial charge in [-0.3, -0.25) is 9.59 Å². The summed E-state index contributed by atoms with van der Waals surface area (Å²) < 4.78 is 25.0. The fourth-order valence-electron chi connectivity index (χ4n) is 4.82. The third-order valence-electron chi connectivity index (χ3n) is 6.76. The van der Waals surface area contributed by atoms with Crippen molar-refractivity contribution in [2.75, 3.05) is 33.9 Å². The van der Waals surface area contributed by atoms with E-state index >= 15 is 0 Å². The van der Waals surface area contributed by atoms with Gasteiger partial charge in [-0.2, -0.15) is 5.10 Å². The average Bonchev–Trinajstić information content (AvgIpc) is 3.57. The lowest BCUT2D eigenvalue weighted by Crippen LogP contribution is -2.44. The molecule has 35 heavy (non-hydrogen) atoms. The Kier molecular flexibility index (Phi) is 8.13. The Bertz CT molecular complexity index is 1070. The summed E-state index contributed by atoms with van der Waals surface area (Å²) in [4.78, 5) is 28.3. The summed E-state index contributed by atoms with van der Waals surface area (Å²) in [5, 5.41) is 5.98. The van der Waals surface area contributed by atoms with Gasteiger partial charge in [-0.25, -0.2) is 9.40 Å². The van der Waals surface area contributed by atoms with Crippen LogP contribution in [0.1, 0.15) is 49.3 Å². The molecule has 0 radical (unpaired) electrons. The predicted octanol–water partition coefficient (Wildman–Crippen LogP) is 4.18. The maximum atomic E-state index is 14.6. The molecule has 0 saturated heterocycles. The van der Waals surface area contributed by atoms with Gasteiger partial charge in [0.1, 0.15) is 18.1 Å². The molecule has 1 saturated carbocycles. The molecule has 7 nitrogen and oxygen atoms in total. The fourth-order valence-corrected chi connectivity index (χ4v) is 4.82. The van der Waals surface area contributed by atoms with Crippen molar-refractivity contribution in [2.45, 2.75) is 38.1 Å². The minimum atomic E-state index is -0.408. The normalized spacial score (nSPS) is 18.0. The summed E-state index contributed by atoms with van der Waals surface area (Å²) >= 11 is 0. The van der Waals surface area contributed by atoms with Crippen molar-refractivity contribution >= 4 is 17.5 Å². The van der Waals surface area contributed by atoms with Gasteiger partial charge in [0, 0.05) is 31.6 Å². The molecule has 4 rings (SSSR count). The number of carbonyl (C=O) groups is 2. The van der Waals surface area contributed by atoms with Crippen LogP contribution in [0.4, 0.5) is 4.39 Å². The number of rotatable bonds is 9. The van der Waals surface area contributed by atoms with Crippen LogP contribution in [-0.2, 0) is 14.3 Å². The highest BCUT2D eigenvalue weighted by molar-refractivity contribution is 6.03. The van der Waals surface area contributed by atoms with Crippen LogP contribution >= 0.6 is 0 Å². The van der Waals surface area contributed by atoms with E-state index in [9.17, 15) is 14.0 Å². The second-order valence-electron chi connectivity index (χ2n) is 8.99. The Morgan fingerprint density at radius 3 is 2.46 bits per heavy atom. The zero-order valence-electron chi connectivity index (χ0n) is 20.3. The lowest BCUT2D eigenvalue weighted by Gasteiger charge is -2.28. The second kappa shape index (κ2) is 11.4. The second-order valence-corrected chi connectivity index (χ2v) is 8.99. The van der Waals surface area contributed by atoms with E-state index in [0.29, 0.717) is 36.6 Å². The Labute approximate surface area is 205 Å². The maximum Gasteiger partial charge on any atom is 0.262 e. The van der Waals surface area contributed by atoms with E-state index in [4.69, 9.17) is 9.47 Å². The van der Waals surface area contributed by atoms with Gasteiger partial charge in [0.15, 0.2) is 0 Å². The van der Waals surface area contributed by atoms with Crippen LogP contribution in [0.5, 0.6) is 5.75 Å². The molecule has 2 aliphatic rings. The van der Waals surface area contributed by atoms with Crippen LogP contribution in [0.15, 0.2) is 53.6 Å². The van der Waals surface area contributed by atoms with Crippen LogP contribution in [0.25, 0.3) is 0 Å². The first-order valence-corrected chi connectivity index (χ1v) is 12.1. The smallest absolute Gasteiger partial charge is 0.262 e. The van der Waals surface area contributed by atoms with E-state index < -0.39 is 6.04 Å². The number of hydrogen-bond acceptors (Lipinski definition) is 5. The first-order valence-electron chi connectivity index (χ1n) is 12.1. The number of hydrazone groups is 1. The number of carbonyl (C=O) groups excluding carboxylic acids is 2. The summed E-state index contributed by atoms with van der Waals surface area (Å²) in [5.41, 5.74) is 1.74. The van der Waals surface area contributed by atoms with Crippen molar-refractivity contribution < 1.29 is 23.5 Å². The number of halogens is 1. The van der Waals surface area contributed by atoms with E-state index in [1.807, 2.05) is 24.3 Å². The van der Waals surface area contributed by atoms with Gasteiger partial charge >= 0.3 is 0 Å². The van der Waals surface area contributed by atoms with Crippen molar-refractivity contribution in [2.24, 2.45) is 11.0 Å². The number of methoxy groups -OCH3 is 2. The molecule has 1 atom stereocenters. The summed E-state index contributed by atoms with van der Waals surface area (Å²) in [5.74, 6) is -0.0426. The lowest BCUT2D eigenvalue weighted by molar-refractivity contribution is -0.144. The van der Waals surface area contributed by atoms with Crippen LogP contribution in [-0.4, -0.2) is 61.4 Å². The van der Waals surface area contributed by atoms with Gasteiger partial charge in [-0.1, -0.05) is 43.2 Å². The van der Waals surface area contributed by atoms with E-state index in [1.165, 1.54) is 11.1 Å². The van der Waals surface area contributed by atoms with Gasteiger partial charge in [-0.15, -0.1) is 0 Å². The van der Waals surface area contributed by atoms with Gasteiger partial charge in [-0.05, 0) is 36.6 Å². The SMILES string of the molecule is COCCN(CC(=O)N1N=C(c2ccccc2F)C[C@H]1c1ccc(OC)cc1)C(=O)C1CCCC1. The van der Waals surface area contributed by atoms with Gasteiger partial charge in [0.25, 0.3) is 5.91 Å². The maximum absolute atomic E-state index is 14.6. The van der Waals surface area contributed by atoms with Crippen LogP contribution in [0.2, 0.25) is 0 Å². The van der Waals surface area contributed by atoms with Crippen LogP contribution in [0.3, 0.4) is 0 Å². The third-order valence-corrected chi connectivity index (χ3v) is 6.76. The standard InChI is InChI=1S/C27H32FN3O4/c1-34-16-15-30(27(33)20-7-3-4-8-20)18-26(32)31-25(19-11-13-21(35-2)14-12-19)17-24(29-31)22-9-5-6-10-23(22)28/h5-6,9-14,20,25H,3-4,7-8,15-18H2,1-2H3/t25-/m0/s1. The monoisotopic (exact) mass is 481 g/mol. The Morgan fingerprint density at radius 2 is 1.80 bits per heavy atom. The fraction of sp³-hybridized carbons (Fsp3) is 0.444. The lowest BCUT2D eigenvalue weighted by atomic mass is 9.98. The molecule has 1 heterocycles. The van der Waals surface area contributed by atoms with E-state index in [1.54, 1.807) is 37.3 Å². The number of nitrogens with zero attached hydrogens (tertiary/aromatic N) is 3. The van der Waals surface area contributed by atoms with Crippen molar-refractivity contribution in [3.8, 4) is 5.75 Å². The Balaban J connectivity index is 1.61. The van der Waals surface area contributed by atoms with Crippen molar-refractivity contribution in [1.29, 1.82) is 0 Å². The van der Waals surface area contributed by atoms with E-state index in [2.05, 4.69) is 5.10 Å². The first-order chi connectivity index (χ1) is 17.0. The summed E-state index contributed by atoms with van der Waals surface area (Å²) in [6, 6.07) is 13.4. The van der Waals surface area contributed by atoms with E-state index in [-0.39, 0.29) is 30.1 Å². The largest absolute Gasteiger partial charge is 0.497 e. The van der Waals surface area contributed by atoms with Crippen molar-refractivity contribution in [3.63, 3.8) is 0 Å². The highest BCUT2D eigenvalue weighted by atomic mass is 19.1. The molecule has 2 aromatic rings. The third kappa shape index (κ3) is 5.70. The molecule has 186 valence electrons. The molecule has 0 bridgehead atoms. The molecule has 0 N–H and O–H groups in total. The summed E-state index contributed by atoms with van der Waals surface area (Å²) in [7, 11) is 3.17. The summed E-state index contributed by atoms with van der Waals surface area (Å²) in [6.45, 7) is 0.583. The molecule has 1 fully saturated rings. The minimum absolute atomic E-state index is 0.00796. The molecule has 2 aromatic carbocycles. The zero-order valence-corrected chi connectivity index (χ0v) is 20.3. The molecule has 1 aliphatic heterocycles. The molecule has 2 amide bonds. The highest BCUT2D eigenvalue weighted by Gasteiger charge is 2.36. The van der Waals surface area contributed by atoms with Gasteiger partial charge in [0.05, 0.1) is 25.5 Å². The van der Waals surface area contributed by atoms with E-state index in [0.717, 1.165) is 31.2 Å². The molecule has 0 spiro atoms. The van der Waals surface area contributed by atoms with Crippen LogP contribution < -0.4 is 4.74 Å². The minimum Gasteiger partial charge on any atom is -0.497 e. The van der Waals surface area contributed by atoms with Crippen LogP contribution in [0, 0.1) is 11.7 Å². The molecular weight excluding hydrogens is 449 g/mol. The molecule has 0 unspecified atom stereocenters. The Hall–Kier alpha value is -3.26. The molecular formula is C27H32FN3O4. The van der Waals surface area contributed by atoms with Crippen molar-refractivity contribution in [1.82, 2.24) is 9.91 Å². The zero-order chi connectivity index (χ0) is 24.8. The first kappa shape index (κ1) is 24.9. The number of amides is 2. The summed E-state index contributed by atoms with van der Waals surface area (Å²) in [6.07, 6.45) is 4.14. The predicted molar refractivity (Wildman–Crippen MR) is 131 cm³/mol. The topological polar surface area (TPSA) is 71.4 Å². The Morgan fingerprint density at radius 1 is 1.09 bits per heavy atom. The number of benzene rings is 2. The quantitative estimate of drug-likeness (QED) is 0.539. The number of hydrogen-bond donors (Lipinski definition) is 0. The highest BCUT2D eigenvalue weighted by Crippen LogP contribution is 2.34. The van der Waals surface area contributed by atoms with Gasteiger partial charge < -0.3 is 14.4 Å². The number of ether oxygens (including phenoxy) is 2. The molecule has 1 aliphatic carbocycles. The van der Waals surface area contributed by atoms with Gasteiger partial charge in [0.2, 0.25) is 5.91 Å². The van der Waals surface area contributed by atoms with Crippen molar-refractivity contribution in [3.05, 3.63) is 65.5 Å². The average molecular weight is 482 g/mol. The molecule has 8 heteroatoms. The molecule has 0 aromatic heterocycles.